The zero-order valence-electron chi connectivity index (χ0n) is 13.3. The number of rotatable bonds is 3. The van der Waals surface area contributed by atoms with Crippen molar-refractivity contribution in [2.75, 3.05) is 5.32 Å². The summed E-state index contributed by atoms with van der Waals surface area (Å²) in [5, 5.41) is 18.6. The lowest BCUT2D eigenvalue weighted by atomic mass is 10.2. The SMILES string of the molecule is CC(C)(C)OC(=O)Nc1ccc(C([O-])=N[n+]2ccccc2)cc1. The molecule has 0 saturated carbocycles. The monoisotopic (exact) mass is 313 g/mol. The molecule has 0 spiro atoms. The highest BCUT2D eigenvalue weighted by molar-refractivity contribution is 5.91. The van der Waals surface area contributed by atoms with Gasteiger partial charge in [0.05, 0.1) is 5.90 Å². The van der Waals surface area contributed by atoms with Gasteiger partial charge in [0.1, 0.15) is 5.60 Å². The van der Waals surface area contributed by atoms with Gasteiger partial charge in [-0.05, 0) is 43.6 Å². The number of amides is 1. The summed E-state index contributed by atoms with van der Waals surface area (Å²) >= 11 is 0. The number of nitrogens with one attached hydrogen (secondary N) is 1. The number of aromatic nitrogens is 1. The van der Waals surface area contributed by atoms with Crippen LogP contribution in [-0.2, 0) is 4.74 Å². The van der Waals surface area contributed by atoms with Gasteiger partial charge in [-0.15, -0.1) is 0 Å². The molecule has 2 aromatic rings. The summed E-state index contributed by atoms with van der Waals surface area (Å²) in [6.07, 6.45) is 2.81. The second-order valence-corrected chi connectivity index (χ2v) is 5.86. The molecule has 6 nitrogen and oxygen atoms in total. The van der Waals surface area contributed by atoms with Crippen molar-refractivity contribution < 1.29 is 19.3 Å². The van der Waals surface area contributed by atoms with E-state index in [9.17, 15) is 9.90 Å². The summed E-state index contributed by atoms with van der Waals surface area (Å²) in [5.74, 6) is -0.370. The molecular formula is C17H19N3O3. The minimum absolute atomic E-state index is 0.370. The molecule has 1 N–H and O–H groups in total. The van der Waals surface area contributed by atoms with E-state index >= 15 is 0 Å². The molecule has 0 bridgehead atoms. The van der Waals surface area contributed by atoms with Crippen LogP contribution in [-0.4, -0.2) is 17.6 Å². The second-order valence-electron chi connectivity index (χ2n) is 5.86. The van der Waals surface area contributed by atoms with Crippen LogP contribution in [0.4, 0.5) is 10.5 Å². The minimum atomic E-state index is -0.564. The topological polar surface area (TPSA) is 77.6 Å². The lowest BCUT2D eigenvalue weighted by molar-refractivity contribution is -0.681. The maximum Gasteiger partial charge on any atom is 0.412 e. The molecule has 0 saturated heterocycles. The number of benzene rings is 1. The number of hydrogen-bond donors (Lipinski definition) is 1. The Hall–Kier alpha value is -2.89. The summed E-state index contributed by atoms with van der Waals surface area (Å²) in [6, 6.07) is 11.9. The average molecular weight is 313 g/mol. The van der Waals surface area contributed by atoms with Gasteiger partial charge in [0.25, 0.3) is 0 Å². The van der Waals surface area contributed by atoms with E-state index in [2.05, 4.69) is 10.4 Å². The zero-order valence-corrected chi connectivity index (χ0v) is 13.3. The van der Waals surface area contributed by atoms with E-state index in [1.807, 2.05) is 6.07 Å². The van der Waals surface area contributed by atoms with Crippen molar-refractivity contribution in [2.24, 2.45) is 5.10 Å². The second kappa shape index (κ2) is 6.91. The van der Waals surface area contributed by atoms with Gasteiger partial charge >= 0.3 is 6.09 Å². The number of carbonyl (C=O) groups is 1. The average Bonchev–Trinajstić information content (AvgIpc) is 2.47. The molecular weight excluding hydrogens is 294 g/mol. The Bertz CT molecular complexity index is 689. The quantitative estimate of drug-likeness (QED) is 0.534. The van der Waals surface area contributed by atoms with E-state index in [1.165, 1.54) is 4.68 Å². The van der Waals surface area contributed by atoms with Gasteiger partial charge in [0, 0.05) is 17.8 Å². The van der Waals surface area contributed by atoms with Crippen LogP contribution in [0.3, 0.4) is 0 Å². The standard InChI is InChI=1S/C17H19N3O3/c1-17(2,3)23-16(22)18-14-9-7-13(8-10-14)15(21)19-20-11-5-4-6-12-20/h4-12H,1-3H3,(H-,18,19,21,22). The van der Waals surface area contributed by atoms with Crippen LogP contribution >= 0.6 is 0 Å². The zero-order chi connectivity index (χ0) is 16.9. The van der Waals surface area contributed by atoms with Crippen molar-refractivity contribution in [1.29, 1.82) is 0 Å². The Balaban J connectivity index is 2.05. The highest BCUT2D eigenvalue weighted by Crippen LogP contribution is 2.12. The number of anilines is 1. The van der Waals surface area contributed by atoms with Crippen molar-refractivity contribution in [2.45, 2.75) is 26.4 Å². The number of hydrogen-bond acceptors (Lipinski definition) is 4. The van der Waals surface area contributed by atoms with Crippen LogP contribution in [0.25, 0.3) is 0 Å². The van der Waals surface area contributed by atoms with Crippen molar-refractivity contribution in [3.05, 3.63) is 60.4 Å². The number of nitrogens with zero attached hydrogens (tertiary/aromatic N) is 2. The number of pyridine rings is 1. The Kier molecular flexibility index (Phi) is 4.95. The predicted octanol–water partition coefficient (Wildman–Crippen LogP) is 1.89. The maximum absolute atomic E-state index is 12.0. The maximum atomic E-state index is 12.0. The fourth-order valence-corrected chi connectivity index (χ4v) is 1.74. The predicted molar refractivity (Wildman–Crippen MR) is 84.9 cm³/mol. The third-order valence-corrected chi connectivity index (χ3v) is 2.68. The Morgan fingerprint density at radius 1 is 1.13 bits per heavy atom. The summed E-state index contributed by atoms with van der Waals surface area (Å²) in [7, 11) is 0. The molecule has 1 amide bonds. The van der Waals surface area contributed by atoms with Crippen LogP contribution in [0.2, 0.25) is 0 Å². The summed E-state index contributed by atoms with van der Waals surface area (Å²) in [4.78, 5) is 11.7. The minimum Gasteiger partial charge on any atom is -0.854 e. The normalized spacial score (nSPS) is 11.9. The summed E-state index contributed by atoms with van der Waals surface area (Å²) < 4.78 is 6.60. The van der Waals surface area contributed by atoms with Crippen LogP contribution in [0, 0.1) is 0 Å². The van der Waals surface area contributed by atoms with E-state index in [0.717, 1.165) is 0 Å². The first-order chi connectivity index (χ1) is 10.8. The Morgan fingerprint density at radius 3 is 2.30 bits per heavy atom. The van der Waals surface area contributed by atoms with Crippen LogP contribution in [0.5, 0.6) is 0 Å². The number of ether oxygens (including phenoxy) is 1. The first-order valence-electron chi connectivity index (χ1n) is 7.16. The molecule has 120 valence electrons. The van der Waals surface area contributed by atoms with Gasteiger partial charge in [0.2, 0.25) is 12.4 Å². The van der Waals surface area contributed by atoms with Crippen molar-refractivity contribution in [1.82, 2.24) is 0 Å². The molecule has 0 aliphatic heterocycles. The molecule has 6 heteroatoms. The van der Waals surface area contributed by atoms with E-state index < -0.39 is 11.7 Å². The van der Waals surface area contributed by atoms with E-state index in [0.29, 0.717) is 11.3 Å². The molecule has 0 radical (unpaired) electrons. The molecule has 1 aromatic heterocycles. The molecule has 2 rings (SSSR count). The first kappa shape index (κ1) is 16.5. The Labute approximate surface area is 135 Å². The molecule has 0 aliphatic rings. The fourth-order valence-electron chi connectivity index (χ4n) is 1.74. The highest BCUT2D eigenvalue weighted by Gasteiger charge is 2.16. The lowest BCUT2D eigenvalue weighted by Gasteiger charge is -2.19. The Morgan fingerprint density at radius 2 is 1.74 bits per heavy atom. The van der Waals surface area contributed by atoms with Gasteiger partial charge in [-0.3, -0.25) is 5.32 Å². The van der Waals surface area contributed by atoms with Crippen molar-refractivity contribution >= 4 is 17.7 Å². The molecule has 0 atom stereocenters. The molecule has 1 heterocycles. The summed E-state index contributed by atoms with van der Waals surface area (Å²) in [6.45, 7) is 5.37. The van der Waals surface area contributed by atoms with E-state index in [1.54, 1.807) is 69.6 Å². The van der Waals surface area contributed by atoms with Gasteiger partial charge in [-0.2, -0.15) is 0 Å². The third-order valence-electron chi connectivity index (χ3n) is 2.68. The van der Waals surface area contributed by atoms with Gasteiger partial charge < -0.3 is 9.84 Å². The smallest absolute Gasteiger partial charge is 0.412 e. The molecule has 1 aromatic carbocycles. The molecule has 0 unspecified atom stereocenters. The molecule has 0 aliphatic carbocycles. The van der Waals surface area contributed by atoms with Gasteiger partial charge in [0.15, 0.2) is 0 Å². The van der Waals surface area contributed by atoms with Crippen LogP contribution in [0.1, 0.15) is 26.3 Å². The van der Waals surface area contributed by atoms with Crippen molar-refractivity contribution in [3.63, 3.8) is 0 Å². The van der Waals surface area contributed by atoms with Crippen molar-refractivity contribution in [3.8, 4) is 0 Å². The fraction of sp³-hybridized carbons (Fsp3) is 0.235. The van der Waals surface area contributed by atoms with Gasteiger partial charge in [-0.1, -0.05) is 22.9 Å². The highest BCUT2D eigenvalue weighted by atomic mass is 16.6. The summed E-state index contributed by atoms with van der Waals surface area (Å²) in [5.41, 5.74) is 0.408. The molecule has 0 fully saturated rings. The van der Waals surface area contributed by atoms with E-state index in [-0.39, 0.29) is 5.90 Å². The number of carbonyl (C=O) groups excluding carboxylic acids is 1. The van der Waals surface area contributed by atoms with Crippen LogP contribution in [0.15, 0.2) is 60.0 Å². The first-order valence-corrected chi connectivity index (χ1v) is 7.16. The van der Waals surface area contributed by atoms with Crippen LogP contribution < -0.4 is 15.1 Å². The lowest BCUT2D eigenvalue weighted by Crippen LogP contribution is -2.33. The van der Waals surface area contributed by atoms with Gasteiger partial charge in [-0.25, -0.2) is 4.79 Å². The largest absolute Gasteiger partial charge is 0.854 e. The van der Waals surface area contributed by atoms with E-state index in [4.69, 9.17) is 4.74 Å². The third kappa shape index (κ3) is 5.43. The molecule has 23 heavy (non-hydrogen) atoms.